The highest BCUT2D eigenvalue weighted by Gasteiger charge is 2.41. The first-order chi connectivity index (χ1) is 15.9. The third kappa shape index (κ3) is 4.08. The van der Waals surface area contributed by atoms with Crippen molar-refractivity contribution in [3.8, 4) is 6.07 Å². The number of aromatic amines is 1. The third-order valence-electron chi connectivity index (χ3n) is 7.07. The molecule has 2 aromatic rings. The maximum atomic E-state index is 13.4. The molecule has 0 aliphatic carbocycles. The van der Waals surface area contributed by atoms with Gasteiger partial charge in [0.1, 0.15) is 11.7 Å². The minimum absolute atomic E-state index is 0.240. The minimum atomic E-state index is -1.00. The summed E-state index contributed by atoms with van der Waals surface area (Å²) in [5.74, 6) is -1.37. The molecule has 1 aromatic heterocycles. The second-order valence-electron chi connectivity index (χ2n) is 9.03. The van der Waals surface area contributed by atoms with Crippen LogP contribution in [0, 0.1) is 17.2 Å². The van der Waals surface area contributed by atoms with E-state index >= 15 is 0 Å². The fourth-order valence-corrected chi connectivity index (χ4v) is 5.30. The lowest BCUT2D eigenvalue weighted by molar-refractivity contribution is -0.119. The summed E-state index contributed by atoms with van der Waals surface area (Å²) in [4.78, 5) is 38.2. The average molecular weight is 449 g/mol. The lowest BCUT2D eigenvalue weighted by atomic mass is 9.79. The van der Waals surface area contributed by atoms with Crippen LogP contribution in [0.5, 0.6) is 0 Å². The first-order valence-corrected chi connectivity index (χ1v) is 11.9. The van der Waals surface area contributed by atoms with Crippen LogP contribution in [0.2, 0.25) is 0 Å². The monoisotopic (exact) mass is 448 g/mol. The number of carbonyl (C=O) groups is 1. The number of nitrogens with one attached hydrogen (secondary N) is 2. The van der Waals surface area contributed by atoms with E-state index in [1.807, 2.05) is 24.3 Å². The number of anilines is 3. The second kappa shape index (κ2) is 9.26. The largest absolute Gasteiger partial charge is 0.372 e. The molecule has 0 spiro atoms. The molecule has 4 atom stereocenters. The smallest absolute Gasteiger partial charge is 0.258 e. The van der Waals surface area contributed by atoms with Gasteiger partial charge in [-0.25, -0.2) is 0 Å². The maximum absolute atomic E-state index is 13.4. The summed E-state index contributed by atoms with van der Waals surface area (Å²) >= 11 is 0. The zero-order valence-corrected chi connectivity index (χ0v) is 19.8. The molecule has 1 fully saturated rings. The van der Waals surface area contributed by atoms with Crippen molar-refractivity contribution in [2.24, 2.45) is 5.92 Å². The van der Waals surface area contributed by atoms with Gasteiger partial charge >= 0.3 is 0 Å². The molecule has 0 bridgehead atoms. The molecule has 1 aromatic carbocycles. The highest BCUT2D eigenvalue weighted by Crippen LogP contribution is 2.39. The van der Waals surface area contributed by atoms with Crippen LogP contribution in [0.3, 0.4) is 0 Å². The van der Waals surface area contributed by atoms with Crippen LogP contribution in [0.25, 0.3) is 0 Å². The van der Waals surface area contributed by atoms with Gasteiger partial charge in [-0.15, -0.1) is 0 Å². The first-order valence-electron chi connectivity index (χ1n) is 11.9. The number of hydrogen-bond donors (Lipinski definition) is 2. The summed E-state index contributed by atoms with van der Waals surface area (Å²) in [6, 6.07) is 10.4. The lowest BCUT2D eigenvalue weighted by Crippen LogP contribution is -2.46. The fourth-order valence-electron chi connectivity index (χ4n) is 5.30. The van der Waals surface area contributed by atoms with Crippen LogP contribution < -0.4 is 20.7 Å². The molecular formula is C25H32N6O2. The second-order valence-corrected chi connectivity index (χ2v) is 9.03. The molecule has 33 heavy (non-hydrogen) atoms. The quantitative estimate of drug-likeness (QED) is 0.724. The predicted octanol–water partition coefficient (Wildman–Crippen LogP) is 3.61. The highest BCUT2D eigenvalue weighted by molar-refractivity contribution is 5.98. The summed E-state index contributed by atoms with van der Waals surface area (Å²) in [5, 5.41) is 12.5. The Morgan fingerprint density at radius 2 is 1.76 bits per heavy atom. The van der Waals surface area contributed by atoms with Crippen LogP contribution >= 0.6 is 0 Å². The molecular weight excluding hydrogens is 416 g/mol. The summed E-state index contributed by atoms with van der Waals surface area (Å²) in [6.07, 6.45) is 3.19. The summed E-state index contributed by atoms with van der Waals surface area (Å²) in [6.45, 7) is 10.2. The number of hydrogen-bond acceptors (Lipinski definition) is 6. The van der Waals surface area contributed by atoms with Crippen molar-refractivity contribution in [2.45, 2.75) is 65.0 Å². The van der Waals surface area contributed by atoms with E-state index in [2.05, 4.69) is 58.8 Å². The molecule has 174 valence electrons. The van der Waals surface area contributed by atoms with Gasteiger partial charge in [-0.2, -0.15) is 10.2 Å². The standard InChI is InChI=1S/C25H32N6O2/c1-5-30(6-2)18-12-10-17(11-13-18)20-19(14-26)23(32)27-22-21(20)24(33)29-25(28-22)31-15(3)8-7-9-16(31)4/h10-13,15-16,19-20H,5-9H2,1-4H3,(H2,27,28,29,32,33). The molecule has 0 radical (unpaired) electrons. The van der Waals surface area contributed by atoms with Crippen LogP contribution in [0.4, 0.5) is 17.5 Å². The summed E-state index contributed by atoms with van der Waals surface area (Å²) < 4.78 is 0. The van der Waals surface area contributed by atoms with Gasteiger partial charge in [-0.1, -0.05) is 12.1 Å². The number of amides is 1. The topological polar surface area (TPSA) is 105 Å². The van der Waals surface area contributed by atoms with Crippen LogP contribution in [0.15, 0.2) is 29.1 Å². The molecule has 2 aliphatic heterocycles. The highest BCUT2D eigenvalue weighted by atomic mass is 16.2. The zero-order chi connectivity index (χ0) is 23.7. The van der Waals surface area contributed by atoms with Gasteiger partial charge in [0.05, 0.1) is 11.6 Å². The SMILES string of the molecule is CCN(CC)c1ccc(C2c3c(nc(N4C(C)CCCC4C)[nH]c3=O)NC(=O)C2C#N)cc1. The number of nitriles is 1. The maximum Gasteiger partial charge on any atom is 0.258 e. The lowest BCUT2D eigenvalue weighted by Gasteiger charge is -2.40. The van der Waals surface area contributed by atoms with Gasteiger partial charge in [0.15, 0.2) is 0 Å². The Kier molecular flexibility index (Phi) is 6.41. The zero-order valence-electron chi connectivity index (χ0n) is 19.8. The molecule has 1 amide bonds. The van der Waals surface area contributed by atoms with Gasteiger partial charge in [0.2, 0.25) is 11.9 Å². The Bertz CT molecular complexity index is 1110. The van der Waals surface area contributed by atoms with Crippen molar-refractivity contribution in [3.63, 3.8) is 0 Å². The van der Waals surface area contributed by atoms with Gasteiger partial charge in [0.25, 0.3) is 5.56 Å². The Balaban J connectivity index is 1.79. The fraction of sp³-hybridized carbons (Fsp3) is 0.520. The minimum Gasteiger partial charge on any atom is -0.372 e. The molecule has 8 nitrogen and oxygen atoms in total. The average Bonchev–Trinajstić information content (AvgIpc) is 2.79. The van der Waals surface area contributed by atoms with Crippen molar-refractivity contribution < 1.29 is 4.79 Å². The first kappa shape index (κ1) is 22.8. The van der Waals surface area contributed by atoms with Gasteiger partial charge < -0.3 is 15.1 Å². The normalized spacial score (nSPS) is 24.6. The van der Waals surface area contributed by atoms with Crippen LogP contribution in [0.1, 0.15) is 64.0 Å². The Morgan fingerprint density at radius 1 is 1.12 bits per heavy atom. The third-order valence-corrected chi connectivity index (χ3v) is 7.07. The number of carbonyl (C=O) groups excluding carboxylic acids is 1. The molecule has 2 N–H and O–H groups in total. The van der Waals surface area contributed by atoms with E-state index in [1.54, 1.807) is 0 Å². The van der Waals surface area contributed by atoms with Crippen molar-refractivity contribution in [2.75, 3.05) is 28.2 Å². The molecule has 4 unspecified atom stereocenters. The van der Waals surface area contributed by atoms with E-state index in [9.17, 15) is 14.9 Å². The summed E-state index contributed by atoms with van der Waals surface area (Å²) in [7, 11) is 0. The van der Waals surface area contributed by atoms with E-state index in [0.717, 1.165) is 43.6 Å². The number of fused-ring (bicyclic) bond motifs is 1. The van der Waals surface area contributed by atoms with Gasteiger partial charge in [-0.3, -0.25) is 14.6 Å². The molecule has 0 saturated carbocycles. The Morgan fingerprint density at radius 3 is 2.33 bits per heavy atom. The number of aromatic nitrogens is 2. The van der Waals surface area contributed by atoms with E-state index in [0.29, 0.717) is 11.5 Å². The molecule has 3 heterocycles. The van der Waals surface area contributed by atoms with Gasteiger partial charge in [0, 0.05) is 36.8 Å². The Hall–Kier alpha value is -3.34. The van der Waals surface area contributed by atoms with E-state index in [4.69, 9.17) is 0 Å². The molecule has 2 aliphatic rings. The number of benzene rings is 1. The summed E-state index contributed by atoms with van der Waals surface area (Å²) in [5.41, 5.74) is 1.86. The van der Waals surface area contributed by atoms with Crippen molar-refractivity contribution in [1.29, 1.82) is 5.26 Å². The molecule has 8 heteroatoms. The molecule has 1 saturated heterocycles. The number of rotatable bonds is 5. The van der Waals surface area contributed by atoms with E-state index < -0.39 is 17.7 Å². The van der Waals surface area contributed by atoms with Crippen LogP contribution in [-0.4, -0.2) is 41.0 Å². The van der Waals surface area contributed by atoms with Crippen LogP contribution in [-0.2, 0) is 4.79 Å². The van der Waals surface area contributed by atoms with Gasteiger partial charge in [-0.05, 0) is 64.7 Å². The van der Waals surface area contributed by atoms with E-state index in [1.165, 1.54) is 0 Å². The van der Waals surface area contributed by atoms with Crippen molar-refractivity contribution >= 4 is 23.4 Å². The van der Waals surface area contributed by atoms with E-state index in [-0.39, 0.29) is 23.5 Å². The molecule has 4 rings (SSSR count). The Labute approximate surface area is 194 Å². The number of nitrogens with zero attached hydrogens (tertiary/aromatic N) is 4. The number of piperidine rings is 1. The van der Waals surface area contributed by atoms with Crippen molar-refractivity contribution in [3.05, 3.63) is 45.7 Å². The predicted molar refractivity (Wildman–Crippen MR) is 130 cm³/mol. The van der Waals surface area contributed by atoms with Crippen molar-refractivity contribution in [1.82, 2.24) is 9.97 Å². The number of H-pyrrole nitrogens is 1.